The summed E-state index contributed by atoms with van der Waals surface area (Å²) in [6.07, 6.45) is 3.48. The van der Waals surface area contributed by atoms with Crippen LogP contribution in [-0.2, 0) is 9.59 Å². The number of benzene rings is 1. The van der Waals surface area contributed by atoms with E-state index in [0.717, 1.165) is 25.7 Å². The zero-order valence-electron chi connectivity index (χ0n) is 12.5. The van der Waals surface area contributed by atoms with E-state index in [1.807, 2.05) is 0 Å². The molecule has 3 fully saturated rings. The molecule has 1 amide bonds. The van der Waals surface area contributed by atoms with E-state index in [0.29, 0.717) is 5.69 Å². The molecule has 2 atom stereocenters. The van der Waals surface area contributed by atoms with Crippen LogP contribution in [-0.4, -0.2) is 21.9 Å². The fourth-order valence-electron chi connectivity index (χ4n) is 4.10. The van der Waals surface area contributed by atoms with Gasteiger partial charge in [0.05, 0.1) is 16.8 Å². The molecule has 3 aliphatic rings. The Kier molecular flexibility index (Phi) is 4.02. The van der Waals surface area contributed by atoms with Crippen molar-refractivity contribution in [1.29, 1.82) is 0 Å². The number of carbonyl (C=O) groups excluding carboxylic acids is 1. The Balaban J connectivity index is 1.80. The second-order valence-corrected chi connectivity index (χ2v) is 6.36. The van der Waals surface area contributed by atoms with E-state index in [-0.39, 0.29) is 23.4 Å². The Morgan fingerprint density at radius 2 is 1.74 bits per heavy atom. The number of rotatable bonds is 4. The number of hydrogen-bond acceptors (Lipinski definition) is 4. The van der Waals surface area contributed by atoms with Gasteiger partial charge in [-0.15, -0.1) is 0 Å². The maximum absolute atomic E-state index is 12.6. The Labute approximate surface area is 132 Å². The van der Waals surface area contributed by atoms with Gasteiger partial charge < -0.3 is 10.4 Å². The lowest BCUT2D eigenvalue weighted by Gasteiger charge is -2.45. The Bertz CT molecular complexity index is 652. The standard InChI is InChI=1S/C16H18N2O5/c19-15(17-11-2-1-3-12(8-11)18(22)23)13-9-4-6-10(7-5-9)14(13)16(20)21/h1-3,8-10,13-14H,4-7H2,(H,17,19)(H,20,21)/t9?,10?,13-,14-/m0/s1. The zero-order chi connectivity index (χ0) is 16.6. The smallest absolute Gasteiger partial charge is 0.307 e. The van der Waals surface area contributed by atoms with Gasteiger partial charge in [0, 0.05) is 17.8 Å². The van der Waals surface area contributed by atoms with Crippen molar-refractivity contribution >= 4 is 23.3 Å². The lowest BCUT2D eigenvalue weighted by Crippen LogP contribution is -2.49. The highest BCUT2D eigenvalue weighted by molar-refractivity contribution is 5.95. The van der Waals surface area contributed by atoms with Gasteiger partial charge in [0.1, 0.15) is 0 Å². The van der Waals surface area contributed by atoms with Gasteiger partial charge in [0.15, 0.2) is 0 Å². The van der Waals surface area contributed by atoms with Gasteiger partial charge in [-0.25, -0.2) is 0 Å². The molecule has 23 heavy (non-hydrogen) atoms. The summed E-state index contributed by atoms with van der Waals surface area (Å²) in [4.78, 5) is 34.5. The first-order chi connectivity index (χ1) is 11.0. The van der Waals surface area contributed by atoms with Crippen LogP contribution in [0, 0.1) is 33.8 Å². The fourth-order valence-corrected chi connectivity index (χ4v) is 4.10. The number of non-ortho nitro benzene ring substituents is 1. The first-order valence-electron chi connectivity index (χ1n) is 7.75. The molecular weight excluding hydrogens is 300 g/mol. The van der Waals surface area contributed by atoms with Crippen molar-refractivity contribution in [3.05, 3.63) is 34.4 Å². The number of fused-ring (bicyclic) bond motifs is 3. The zero-order valence-corrected chi connectivity index (χ0v) is 12.5. The van der Waals surface area contributed by atoms with Crippen molar-refractivity contribution in [2.75, 3.05) is 5.32 Å². The fraction of sp³-hybridized carbons (Fsp3) is 0.500. The van der Waals surface area contributed by atoms with Crippen molar-refractivity contribution < 1.29 is 19.6 Å². The molecule has 3 saturated carbocycles. The molecule has 122 valence electrons. The molecule has 4 rings (SSSR count). The third kappa shape index (κ3) is 2.91. The number of amides is 1. The van der Waals surface area contributed by atoms with Crippen molar-refractivity contribution in [1.82, 2.24) is 0 Å². The third-order valence-corrected chi connectivity index (χ3v) is 5.13. The predicted molar refractivity (Wildman–Crippen MR) is 81.8 cm³/mol. The van der Waals surface area contributed by atoms with Gasteiger partial charge >= 0.3 is 5.97 Å². The summed E-state index contributed by atoms with van der Waals surface area (Å²) >= 11 is 0. The van der Waals surface area contributed by atoms with Gasteiger partial charge in [-0.3, -0.25) is 19.7 Å². The van der Waals surface area contributed by atoms with E-state index in [9.17, 15) is 24.8 Å². The van der Waals surface area contributed by atoms with Crippen LogP contribution in [0.5, 0.6) is 0 Å². The number of nitrogens with zero attached hydrogens (tertiary/aromatic N) is 1. The Morgan fingerprint density at radius 1 is 1.13 bits per heavy atom. The molecule has 0 spiro atoms. The van der Waals surface area contributed by atoms with Gasteiger partial charge in [0.2, 0.25) is 5.91 Å². The first-order valence-corrected chi connectivity index (χ1v) is 7.75. The highest BCUT2D eigenvalue weighted by atomic mass is 16.6. The molecular formula is C16H18N2O5. The van der Waals surface area contributed by atoms with Crippen molar-refractivity contribution in [3.63, 3.8) is 0 Å². The number of carboxylic acids is 1. The highest BCUT2D eigenvalue weighted by Crippen LogP contribution is 2.49. The molecule has 2 bridgehead atoms. The van der Waals surface area contributed by atoms with E-state index in [2.05, 4.69) is 5.32 Å². The van der Waals surface area contributed by atoms with Crippen LogP contribution in [0.1, 0.15) is 25.7 Å². The largest absolute Gasteiger partial charge is 0.481 e. The summed E-state index contributed by atoms with van der Waals surface area (Å²) in [6.45, 7) is 0. The van der Waals surface area contributed by atoms with Crippen LogP contribution in [0.15, 0.2) is 24.3 Å². The lowest BCUT2D eigenvalue weighted by molar-refractivity contribution is -0.384. The molecule has 7 nitrogen and oxygen atoms in total. The number of nitro benzene ring substituents is 1. The van der Waals surface area contributed by atoms with Gasteiger partial charge in [-0.05, 0) is 43.6 Å². The number of carboxylic acid groups (broad SMARTS) is 1. The van der Waals surface area contributed by atoms with E-state index in [1.165, 1.54) is 18.2 Å². The van der Waals surface area contributed by atoms with E-state index in [1.54, 1.807) is 6.07 Å². The van der Waals surface area contributed by atoms with Crippen molar-refractivity contribution in [3.8, 4) is 0 Å². The second-order valence-electron chi connectivity index (χ2n) is 6.36. The van der Waals surface area contributed by atoms with Crippen molar-refractivity contribution in [2.24, 2.45) is 23.7 Å². The van der Waals surface area contributed by atoms with E-state index < -0.39 is 22.7 Å². The van der Waals surface area contributed by atoms with Gasteiger partial charge in [-0.2, -0.15) is 0 Å². The summed E-state index contributed by atoms with van der Waals surface area (Å²) in [5.74, 6) is -2.33. The van der Waals surface area contributed by atoms with Crippen LogP contribution in [0.25, 0.3) is 0 Å². The summed E-state index contributed by atoms with van der Waals surface area (Å²) in [5.41, 5.74) is 0.220. The normalized spacial score (nSPS) is 29.0. The summed E-state index contributed by atoms with van der Waals surface area (Å²) in [5, 5.41) is 23.0. The molecule has 7 heteroatoms. The number of nitrogens with one attached hydrogen (secondary N) is 1. The monoisotopic (exact) mass is 318 g/mol. The van der Waals surface area contributed by atoms with E-state index in [4.69, 9.17) is 0 Å². The van der Waals surface area contributed by atoms with Crippen LogP contribution in [0.4, 0.5) is 11.4 Å². The molecule has 1 aromatic rings. The molecule has 0 aliphatic heterocycles. The Hall–Kier alpha value is -2.44. The number of nitro groups is 1. The summed E-state index contributed by atoms with van der Waals surface area (Å²) < 4.78 is 0. The van der Waals surface area contributed by atoms with Crippen LogP contribution >= 0.6 is 0 Å². The molecule has 1 aromatic carbocycles. The minimum atomic E-state index is -0.918. The van der Waals surface area contributed by atoms with Crippen LogP contribution < -0.4 is 5.32 Å². The quantitative estimate of drug-likeness (QED) is 0.655. The van der Waals surface area contributed by atoms with Crippen molar-refractivity contribution in [2.45, 2.75) is 25.7 Å². The average Bonchev–Trinajstić information content (AvgIpc) is 2.55. The summed E-state index contributed by atoms with van der Waals surface area (Å²) in [6, 6.07) is 5.70. The molecule has 2 N–H and O–H groups in total. The maximum atomic E-state index is 12.6. The molecule has 0 saturated heterocycles. The number of aliphatic carboxylic acids is 1. The second kappa shape index (κ2) is 5.98. The van der Waals surface area contributed by atoms with Gasteiger partial charge in [0.25, 0.3) is 5.69 Å². The topological polar surface area (TPSA) is 110 Å². The van der Waals surface area contributed by atoms with Crippen LogP contribution in [0.2, 0.25) is 0 Å². The minimum Gasteiger partial charge on any atom is -0.481 e. The SMILES string of the molecule is O=C(O)[C@H]1C2CCC(CC2)[C@@H]1C(=O)Nc1cccc([N+](=O)[O-])c1. The predicted octanol–water partition coefficient (Wildman–Crippen LogP) is 2.67. The van der Waals surface area contributed by atoms with Crippen LogP contribution in [0.3, 0.4) is 0 Å². The molecule has 0 aromatic heterocycles. The van der Waals surface area contributed by atoms with Gasteiger partial charge in [-0.1, -0.05) is 6.07 Å². The first kappa shape index (κ1) is 15.5. The maximum Gasteiger partial charge on any atom is 0.307 e. The summed E-state index contributed by atoms with van der Waals surface area (Å²) in [7, 11) is 0. The molecule has 0 unspecified atom stereocenters. The lowest BCUT2D eigenvalue weighted by atomic mass is 9.58. The average molecular weight is 318 g/mol. The van der Waals surface area contributed by atoms with E-state index >= 15 is 0 Å². The number of anilines is 1. The third-order valence-electron chi connectivity index (χ3n) is 5.13. The minimum absolute atomic E-state index is 0.0540. The molecule has 0 radical (unpaired) electrons. The number of hydrogen-bond donors (Lipinski definition) is 2. The number of carbonyl (C=O) groups is 2. The highest BCUT2D eigenvalue weighted by Gasteiger charge is 2.50. The molecule has 0 heterocycles. The Morgan fingerprint density at radius 3 is 2.30 bits per heavy atom. The molecule has 3 aliphatic carbocycles.